The Morgan fingerprint density at radius 3 is 2.20 bits per heavy atom. The van der Waals surface area contributed by atoms with E-state index in [0.717, 1.165) is 0 Å². The summed E-state index contributed by atoms with van der Waals surface area (Å²) in [6.45, 7) is 2.24. The van der Waals surface area contributed by atoms with Gasteiger partial charge in [0.2, 0.25) is 6.10 Å². The predicted molar refractivity (Wildman–Crippen MR) is 78.3 cm³/mol. The van der Waals surface area contributed by atoms with E-state index in [1.165, 1.54) is 4.57 Å². The fraction of sp³-hybridized carbons (Fsp3) is 0.812. The molecule has 1 atom stereocenters. The summed E-state index contributed by atoms with van der Waals surface area (Å²) in [6.07, 6.45) is -4.28. The van der Waals surface area contributed by atoms with Crippen molar-refractivity contribution in [2.75, 3.05) is 13.1 Å². The van der Waals surface area contributed by atoms with Gasteiger partial charge in [0.1, 0.15) is 5.82 Å². The first kappa shape index (κ1) is 17.2. The molecule has 4 fully saturated rings. The van der Waals surface area contributed by atoms with Crippen molar-refractivity contribution in [3.05, 3.63) is 17.7 Å². The zero-order chi connectivity index (χ0) is 18.3. The van der Waals surface area contributed by atoms with Crippen LogP contribution in [0.15, 0.2) is 6.20 Å². The normalized spacial score (nSPS) is 35.8. The van der Waals surface area contributed by atoms with Crippen molar-refractivity contribution < 1.29 is 27.1 Å². The Balaban J connectivity index is 1.50. The van der Waals surface area contributed by atoms with Crippen molar-refractivity contribution in [1.29, 1.82) is 0 Å². The molecule has 9 heteroatoms. The number of hydrogen-bond donors (Lipinski definition) is 1. The van der Waals surface area contributed by atoms with Gasteiger partial charge in [-0.3, -0.25) is 4.90 Å². The number of nitrogens with zero attached hydrogens (tertiary/aromatic N) is 3. The molecule has 140 valence electrons. The summed E-state index contributed by atoms with van der Waals surface area (Å²) in [5.41, 5.74) is -0.215. The maximum atomic E-state index is 13.3. The molecule has 25 heavy (non-hydrogen) atoms. The molecule has 0 aromatic carbocycles. The fourth-order valence-electron chi connectivity index (χ4n) is 4.82. The Kier molecular flexibility index (Phi) is 3.40. The lowest BCUT2D eigenvalue weighted by atomic mass is 9.43. The van der Waals surface area contributed by atoms with Crippen LogP contribution in [0.4, 0.5) is 22.0 Å². The number of aromatic nitrogens is 2. The van der Waals surface area contributed by atoms with E-state index in [0.29, 0.717) is 38.0 Å². The number of imidazole rings is 1. The molecule has 0 amide bonds. The van der Waals surface area contributed by atoms with E-state index in [9.17, 15) is 27.1 Å². The lowest BCUT2D eigenvalue weighted by Gasteiger charge is -2.75. The molecule has 1 unspecified atom stereocenters. The standard InChI is InChI=1S/C16H20F5N3O/c1-10-6-24(12(22-10)11(25)16(19,20)21)14-7-13(8-14,9-14)23-4-2-15(17,18)3-5-23/h6,11,25H,2-5,7-9H2,1H3. The number of rotatable bonds is 3. The van der Waals surface area contributed by atoms with Crippen LogP contribution in [0.1, 0.15) is 49.7 Å². The van der Waals surface area contributed by atoms with Gasteiger partial charge in [-0.15, -0.1) is 0 Å². The first-order valence-electron chi connectivity index (χ1n) is 8.41. The number of aryl methyl sites for hydroxylation is 1. The van der Waals surface area contributed by atoms with Crippen LogP contribution in [0.2, 0.25) is 0 Å². The summed E-state index contributed by atoms with van der Waals surface area (Å²) in [7, 11) is 0. The predicted octanol–water partition coefficient (Wildman–Crippen LogP) is 3.15. The first-order chi connectivity index (χ1) is 11.5. The molecule has 4 aliphatic rings. The summed E-state index contributed by atoms with van der Waals surface area (Å²) >= 11 is 0. The number of aliphatic hydroxyl groups is 1. The minimum absolute atomic E-state index is 0.163. The highest BCUT2D eigenvalue weighted by atomic mass is 19.4. The third kappa shape index (κ3) is 2.50. The van der Waals surface area contributed by atoms with Gasteiger partial charge in [-0.2, -0.15) is 13.2 Å². The summed E-state index contributed by atoms with van der Waals surface area (Å²) in [6, 6.07) is 0. The Hall–Kier alpha value is -1.22. The van der Waals surface area contributed by atoms with Crippen LogP contribution in [0.3, 0.4) is 0 Å². The van der Waals surface area contributed by atoms with E-state index < -0.39 is 23.7 Å². The minimum atomic E-state index is -4.77. The summed E-state index contributed by atoms with van der Waals surface area (Å²) in [4.78, 5) is 5.95. The SMILES string of the molecule is Cc1cn(C23CC(N4CCC(F)(F)CC4)(C2)C3)c(C(O)C(F)(F)F)n1. The van der Waals surface area contributed by atoms with Gasteiger partial charge in [0.15, 0.2) is 0 Å². The number of alkyl halides is 5. The molecule has 3 saturated carbocycles. The zero-order valence-corrected chi connectivity index (χ0v) is 13.8. The van der Waals surface area contributed by atoms with Crippen LogP contribution in [-0.2, 0) is 5.54 Å². The van der Waals surface area contributed by atoms with Crippen LogP contribution < -0.4 is 0 Å². The molecule has 2 bridgehead atoms. The van der Waals surface area contributed by atoms with Crippen LogP contribution in [0, 0.1) is 6.92 Å². The molecule has 1 saturated heterocycles. The van der Waals surface area contributed by atoms with Gasteiger partial charge in [-0.25, -0.2) is 13.8 Å². The molecule has 0 radical (unpaired) electrons. The van der Waals surface area contributed by atoms with E-state index in [2.05, 4.69) is 9.88 Å². The number of likely N-dealkylation sites (tertiary alicyclic amines) is 1. The number of halogens is 5. The summed E-state index contributed by atoms with van der Waals surface area (Å²) in [5.74, 6) is -2.98. The second-order valence-electron chi connectivity index (χ2n) is 7.88. The van der Waals surface area contributed by atoms with Gasteiger partial charge in [0.25, 0.3) is 5.92 Å². The second kappa shape index (κ2) is 4.94. The van der Waals surface area contributed by atoms with Crippen LogP contribution in [0.25, 0.3) is 0 Å². The van der Waals surface area contributed by atoms with Gasteiger partial charge in [-0.05, 0) is 26.2 Å². The smallest absolute Gasteiger partial charge is 0.377 e. The summed E-state index contributed by atoms with van der Waals surface area (Å²) in [5, 5.41) is 9.62. The van der Waals surface area contributed by atoms with Crippen molar-refractivity contribution in [2.24, 2.45) is 0 Å². The maximum absolute atomic E-state index is 13.3. The van der Waals surface area contributed by atoms with Crippen molar-refractivity contribution >= 4 is 0 Å². The first-order valence-corrected chi connectivity index (χ1v) is 8.41. The van der Waals surface area contributed by atoms with Crippen LogP contribution in [-0.4, -0.2) is 50.3 Å². The second-order valence-corrected chi connectivity index (χ2v) is 7.88. The Morgan fingerprint density at radius 1 is 1.12 bits per heavy atom. The lowest BCUT2D eigenvalue weighted by molar-refractivity contribution is -0.233. The van der Waals surface area contributed by atoms with E-state index in [-0.39, 0.29) is 24.2 Å². The van der Waals surface area contributed by atoms with Crippen LogP contribution in [0.5, 0.6) is 0 Å². The monoisotopic (exact) mass is 365 g/mol. The Labute approximate surface area is 141 Å². The van der Waals surface area contributed by atoms with Crippen molar-refractivity contribution in [3.8, 4) is 0 Å². The van der Waals surface area contributed by atoms with Crippen LogP contribution >= 0.6 is 0 Å². The highest BCUT2D eigenvalue weighted by molar-refractivity contribution is 5.30. The molecule has 0 spiro atoms. The third-order valence-corrected chi connectivity index (χ3v) is 6.06. The van der Waals surface area contributed by atoms with Gasteiger partial charge in [0, 0.05) is 37.7 Å². The molecule has 2 heterocycles. The van der Waals surface area contributed by atoms with E-state index >= 15 is 0 Å². The topological polar surface area (TPSA) is 41.3 Å². The molecule has 1 N–H and O–H groups in total. The Morgan fingerprint density at radius 2 is 1.68 bits per heavy atom. The third-order valence-electron chi connectivity index (χ3n) is 6.06. The Bertz CT molecular complexity index is 669. The molecule has 1 aromatic rings. The average Bonchev–Trinajstić information content (AvgIpc) is 2.77. The summed E-state index contributed by atoms with van der Waals surface area (Å²) < 4.78 is 66.8. The van der Waals surface area contributed by atoms with Gasteiger partial charge >= 0.3 is 6.18 Å². The van der Waals surface area contributed by atoms with Crippen molar-refractivity contribution in [2.45, 2.75) is 68.3 Å². The van der Waals surface area contributed by atoms with Gasteiger partial charge in [0.05, 0.1) is 11.2 Å². The highest BCUT2D eigenvalue weighted by Crippen LogP contribution is 2.69. The maximum Gasteiger partial charge on any atom is 0.421 e. The van der Waals surface area contributed by atoms with E-state index in [4.69, 9.17) is 0 Å². The zero-order valence-electron chi connectivity index (χ0n) is 13.8. The quantitative estimate of drug-likeness (QED) is 0.837. The van der Waals surface area contributed by atoms with Gasteiger partial charge < -0.3 is 9.67 Å². The molecule has 1 aliphatic heterocycles. The van der Waals surface area contributed by atoms with E-state index in [1.807, 2.05) is 0 Å². The molecule has 1 aromatic heterocycles. The van der Waals surface area contributed by atoms with Crippen molar-refractivity contribution in [3.63, 3.8) is 0 Å². The highest BCUT2D eigenvalue weighted by Gasteiger charge is 2.72. The number of aliphatic hydroxyl groups excluding tert-OH is 1. The molecular formula is C16H20F5N3O. The number of piperidine rings is 1. The van der Waals surface area contributed by atoms with Crippen molar-refractivity contribution in [1.82, 2.24) is 14.5 Å². The fourth-order valence-corrected chi connectivity index (χ4v) is 4.82. The molecular weight excluding hydrogens is 345 g/mol. The van der Waals surface area contributed by atoms with Gasteiger partial charge in [-0.1, -0.05) is 0 Å². The molecule has 5 rings (SSSR count). The number of hydrogen-bond acceptors (Lipinski definition) is 3. The molecule has 4 nitrogen and oxygen atoms in total. The van der Waals surface area contributed by atoms with E-state index in [1.54, 1.807) is 13.1 Å². The largest absolute Gasteiger partial charge is 0.421 e. The minimum Gasteiger partial charge on any atom is -0.377 e. The molecule has 3 aliphatic carbocycles. The lowest BCUT2D eigenvalue weighted by Crippen LogP contribution is -2.79. The average molecular weight is 365 g/mol.